The molecular formula is C16H15ClF2IN3O4. The minimum absolute atomic E-state index is 0.224. The Morgan fingerprint density at radius 1 is 1.41 bits per heavy atom. The highest BCUT2D eigenvalue weighted by atomic mass is 127. The van der Waals surface area contributed by atoms with Crippen molar-refractivity contribution < 1.29 is 28.6 Å². The van der Waals surface area contributed by atoms with Gasteiger partial charge in [-0.3, -0.25) is 9.63 Å². The Hall–Kier alpha value is -1.60. The van der Waals surface area contributed by atoms with Crippen LogP contribution in [0.1, 0.15) is 15.9 Å². The van der Waals surface area contributed by atoms with Crippen LogP contribution >= 0.6 is 34.2 Å². The van der Waals surface area contributed by atoms with Gasteiger partial charge < -0.3 is 15.5 Å². The second-order valence-electron chi connectivity index (χ2n) is 5.43. The molecule has 1 atom stereocenters. The second kappa shape index (κ2) is 9.55. The number of carbonyl (C=O) groups excluding carboxylic acids is 1. The van der Waals surface area contributed by atoms with Crippen LogP contribution in [0.3, 0.4) is 0 Å². The molecule has 0 aliphatic rings. The van der Waals surface area contributed by atoms with E-state index in [2.05, 4.69) is 10.3 Å². The average Bonchev–Trinajstić information content (AvgIpc) is 2.63. The van der Waals surface area contributed by atoms with Crippen molar-refractivity contribution in [1.82, 2.24) is 10.5 Å². The summed E-state index contributed by atoms with van der Waals surface area (Å²) in [6.07, 6.45) is 0.300. The molecule has 0 radical (unpaired) electrons. The minimum Gasteiger partial charge on any atom is -0.394 e. The van der Waals surface area contributed by atoms with Gasteiger partial charge in [-0.2, -0.15) is 0 Å². The van der Waals surface area contributed by atoms with Crippen LogP contribution in [-0.4, -0.2) is 40.4 Å². The topological polar surface area (TPSA) is 104 Å². The molecule has 0 bridgehead atoms. The highest BCUT2D eigenvalue weighted by Gasteiger charge is 2.23. The molecule has 1 aromatic carbocycles. The molecule has 0 unspecified atom stereocenters. The Kier molecular flexibility index (Phi) is 7.68. The van der Waals surface area contributed by atoms with E-state index in [4.69, 9.17) is 21.5 Å². The molecule has 0 aliphatic heterocycles. The molecule has 1 heterocycles. The fourth-order valence-electron chi connectivity index (χ4n) is 2.00. The third-order valence-corrected chi connectivity index (χ3v) is 4.21. The molecule has 7 nitrogen and oxygen atoms in total. The van der Waals surface area contributed by atoms with E-state index >= 15 is 0 Å². The number of carbonyl (C=O) groups is 1. The minimum atomic E-state index is -1.36. The lowest BCUT2D eigenvalue weighted by atomic mass is 10.1. The van der Waals surface area contributed by atoms with Crippen LogP contribution in [0.5, 0.6) is 0 Å². The predicted molar refractivity (Wildman–Crippen MR) is 103 cm³/mol. The van der Waals surface area contributed by atoms with Gasteiger partial charge in [-0.15, -0.1) is 0 Å². The predicted octanol–water partition coefficient (Wildman–Crippen LogP) is 2.68. The lowest BCUT2D eigenvalue weighted by Gasteiger charge is -2.16. The van der Waals surface area contributed by atoms with Crippen LogP contribution in [-0.2, 0) is 4.84 Å². The molecule has 27 heavy (non-hydrogen) atoms. The number of aryl methyl sites for hydroxylation is 1. The van der Waals surface area contributed by atoms with E-state index in [0.717, 1.165) is 9.64 Å². The first kappa shape index (κ1) is 21.7. The van der Waals surface area contributed by atoms with Gasteiger partial charge in [0.15, 0.2) is 11.6 Å². The monoisotopic (exact) mass is 513 g/mol. The average molecular weight is 514 g/mol. The van der Waals surface area contributed by atoms with Gasteiger partial charge in [0.2, 0.25) is 0 Å². The lowest BCUT2D eigenvalue weighted by Crippen LogP contribution is -2.30. The fraction of sp³-hybridized carbons (Fsp3) is 0.250. The van der Waals surface area contributed by atoms with E-state index in [1.807, 2.05) is 28.1 Å². The molecular weight excluding hydrogens is 499 g/mol. The van der Waals surface area contributed by atoms with Crippen molar-refractivity contribution in [2.45, 2.75) is 13.0 Å². The number of benzene rings is 1. The van der Waals surface area contributed by atoms with E-state index in [0.29, 0.717) is 5.56 Å². The molecule has 0 saturated heterocycles. The molecule has 2 aromatic rings. The number of aliphatic hydroxyl groups excluding tert-OH is 2. The molecule has 1 aromatic heterocycles. The third-order valence-electron chi connectivity index (χ3n) is 3.35. The smallest absolute Gasteiger partial charge is 0.277 e. The van der Waals surface area contributed by atoms with Crippen molar-refractivity contribution >= 4 is 51.6 Å². The van der Waals surface area contributed by atoms with Crippen molar-refractivity contribution in [3.05, 3.63) is 49.7 Å². The van der Waals surface area contributed by atoms with Gasteiger partial charge in [0.05, 0.1) is 22.9 Å². The van der Waals surface area contributed by atoms with Gasteiger partial charge in [0.1, 0.15) is 18.5 Å². The second-order valence-corrected chi connectivity index (χ2v) is 7.08. The van der Waals surface area contributed by atoms with Crippen LogP contribution in [0.15, 0.2) is 18.3 Å². The molecule has 11 heteroatoms. The van der Waals surface area contributed by atoms with E-state index < -0.39 is 47.6 Å². The maximum atomic E-state index is 14.4. The van der Waals surface area contributed by atoms with Gasteiger partial charge in [-0.05, 0) is 47.2 Å². The van der Waals surface area contributed by atoms with Gasteiger partial charge in [-0.1, -0.05) is 11.6 Å². The number of halogens is 4. The molecule has 0 spiro atoms. The van der Waals surface area contributed by atoms with Gasteiger partial charge >= 0.3 is 0 Å². The zero-order chi connectivity index (χ0) is 20.1. The summed E-state index contributed by atoms with van der Waals surface area (Å²) in [7, 11) is 0. The SMILES string of the molecule is Cc1cc(I)cnc1Nc1c(C(=O)NOC[C@H](O)CO)cc(Cl)c(F)c1F. The summed E-state index contributed by atoms with van der Waals surface area (Å²) < 4.78 is 29.2. The van der Waals surface area contributed by atoms with Gasteiger partial charge in [0, 0.05) is 9.77 Å². The first-order valence-corrected chi connectivity index (χ1v) is 8.98. The van der Waals surface area contributed by atoms with Gasteiger partial charge in [0.25, 0.3) is 5.91 Å². The summed E-state index contributed by atoms with van der Waals surface area (Å²) in [6, 6.07) is 2.70. The quantitative estimate of drug-likeness (QED) is 0.258. The highest BCUT2D eigenvalue weighted by Crippen LogP contribution is 2.31. The van der Waals surface area contributed by atoms with Crippen LogP contribution in [0.25, 0.3) is 0 Å². The summed E-state index contributed by atoms with van der Waals surface area (Å²) >= 11 is 7.69. The summed E-state index contributed by atoms with van der Waals surface area (Å²) in [6.45, 7) is 0.735. The number of pyridine rings is 1. The number of hydrogen-bond acceptors (Lipinski definition) is 6. The Balaban J connectivity index is 2.34. The van der Waals surface area contributed by atoms with Crippen molar-refractivity contribution in [1.29, 1.82) is 0 Å². The maximum Gasteiger partial charge on any atom is 0.277 e. The summed E-state index contributed by atoms with van der Waals surface area (Å²) in [5.41, 5.74) is 1.80. The number of anilines is 2. The number of hydroxylamine groups is 1. The molecule has 1 amide bonds. The van der Waals surface area contributed by atoms with E-state index in [-0.39, 0.29) is 11.4 Å². The van der Waals surface area contributed by atoms with Crippen molar-refractivity contribution in [2.24, 2.45) is 0 Å². The maximum absolute atomic E-state index is 14.4. The number of rotatable bonds is 7. The molecule has 4 N–H and O–H groups in total. The zero-order valence-corrected chi connectivity index (χ0v) is 16.8. The standard InChI is InChI=1S/C16H15ClF2IN3O4/c1-7-2-8(20)4-21-15(7)22-14-10(3-11(17)12(18)13(14)19)16(26)23-27-6-9(25)5-24/h2-4,9,24-25H,5-6H2,1H3,(H,21,22)(H,23,26)/t9-/m1/s1. The summed E-state index contributed by atoms with van der Waals surface area (Å²) in [5, 5.41) is 19.9. The fourth-order valence-corrected chi connectivity index (χ4v) is 2.80. The number of amides is 1. The van der Waals surface area contributed by atoms with Crippen LogP contribution < -0.4 is 10.8 Å². The van der Waals surface area contributed by atoms with Crippen LogP contribution in [0.4, 0.5) is 20.3 Å². The Bertz CT molecular complexity index is 857. The molecule has 2 rings (SSSR count). The van der Waals surface area contributed by atoms with Crippen molar-refractivity contribution in [2.75, 3.05) is 18.5 Å². The lowest BCUT2D eigenvalue weighted by molar-refractivity contribution is -0.0295. The van der Waals surface area contributed by atoms with Crippen molar-refractivity contribution in [3.8, 4) is 0 Å². The summed E-state index contributed by atoms with van der Waals surface area (Å²) in [4.78, 5) is 21.1. The Labute approximate surface area is 171 Å². The van der Waals surface area contributed by atoms with E-state index in [1.54, 1.807) is 13.0 Å². The first-order chi connectivity index (χ1) is 12.7. The largest absolute Gasteiger partial charge is 0.394 e. The first-order valence-electron chi connectivity index (χ1n) is 7.52. The normalized spacial score (nSPS) is 12.0. The zero-order valence-electron chi connectivity index (χ0n) is 13.9. The molecule has 0 fully saturated rings. The summed E-state index contributed by atoms with van der Waals surface area (Å²) in [5.74, 6) is -3.40. The molecule has 146 valence electrons. The number of aromatic nitrogens is 1. The molecule has 0 saturated carbocycles. The number of aliphatic hydroxyl groups is 2. The molecule has 0 aliphatic carbocycles. The van der Waals surface area contributed by atoms with E-state index in [9.17, 15) is 18.7 Å². The van der Waals surface area contributed by atoms with Gasteiger partial charge in [-0.25, -0.2) is 19.2 Å². The van der Waals surface area contributed by atoms with Crippen LogP contribution in [0, 0.1) is 22.1 Å². The Morgan fingerprint density at radius 3 is 2.74 bits per heavy atom. The van der Waals surface area contributed by atoms with Crippen LogP contribution in [0.2, 0.25) is 5.02 Å². The number of nitrogens with one attached hydrogen (secondary N) is 2. The number of hydrogen-bond donors (Lipinski definition) is 4. The van der Waals surface area contributed by atoms with E-state index in [1.165, 1.54) is 6.20 Å². The number of nitrogens with zero attached hydrogens (tertiary/aromatic N) is 1. The Morgan fingerprint density at radius 2 is 2.11 bits per heavy atom. The third kappa shape index (κ3) is 5.45. The highest BCUT2D eigenvalue weighted by molar-refractivity contribution is 14.1. The van der Waals surface area contributed by atoms with Crippen molar-refractivity contribution in [3.63, 3.8) is 0 Å².